The standard InChI is InChI=1S/C20H19F4N3O2/c1-2-26(14-9-7-13(21)8-10-14)12-19(29)27-16-6-4-3-5-15(16)25-18(28)11-17(27)20(22,23)24/h3-10,17H,2,11-12H2,1H3,(H,25,28)/t17-/m0/s1. The molecule has 0 fully saturated rings. The smallest absolute Gasteiger partial charge is 0.362 e. The van der Waals surface area contributed by atoms with Crippen LogP contribution in [0.3, 0.4) is 0 Å². The second kappa shape index (κ2) is 8.10. The maximum Gasteiger partial charge on any atom is 0.409 e. The van der Waals surface area contributed by atoms with Gasteiger partial charge in [0.2, 0.25) is 11.8 Å². The van der Waals surface area contributed by atoms with Crippen LogP contribution in [-0.4, -0.2) is 37.1 Å². The number of carbonyl (C=O) groups is 2. The van der Waals surface area contributed by atoms with Crippen molar-refractivity contribution in [2.24, 2.45) is 0 Å². The first kappa shape index (κ1) is 20.6. The number of nitrogens with zero attached hydrogens (tertiary/aromatic N) is 2. The molecule has 1 heterocycles. The summed E-state index contributed by atoms with van der Waals surface area (Å²) in [6, 6.07) is 8.92. The molecule has 1 aliphatic heterocycles. The number of para-hydroxylation sites is 2. The molecule has 5 nitrogen and oxygen atoms in total. The lowest BCUT2D eigenvalue weighted by atomic mass is 10.1. The number of fused-ring (bicyclic) bond motifs is 1. The average Bonchev–Trinajstić information content (AvgIpc) is 2.82. The Kier molecular flexibility index (Phi) is 5.76. The van der Waals surface area contributed by atoms with E-state index in [-0.39, 0.29) is 17.9 Å². The van der Waals surface area contributed by atoms with Crippen LogP contribution in [0.2, 0.25) is 0 Å². The minimum absolute atomic E-state index is 0.0131. The van der Waals surface area contributed by atoms with Gasteiger partial charge in [-0.1, -0.05) is 12.1 Å². The topological polar surface area (TPSA) is 52.7 Å². The minimum atomic E-state index is -4.79. The highest BCUT2D eigenvalue weighted by molar-refractivity contribution is 6.05. The Balaban J connectivity index is 1.98. The number of nitrogens with one attached hydrogen (secondary N) is 1. The zero-order chi connectivity index (χ0) is 21.2. The van der Waals surface area contributed by atoms with Gasteiger partial charge in [-0.05, 0) is 43.3 Å². The Morgan fingerprint density at radius 2 is 1.83 bits per heavy atom. The summed E-state index contributed by atoms with van der Waals surface area (Å²) in [5.74, 6) is -2.09. The third-order valence-corrected chi connectivity index (χ3v) is 4.67. The fourth-order valence-electron chi connectivity index (χ4n) is 3.27. The van der Waals surface area contributed by atoms with Crippen molar-refractivity contribution in [1.29, 1.82) is 0 Å². The fourth-order valence-corrected chi connectivity index (χ4v) is 3.27. The summed E-state index contributed by atoms with van der Waals surface area (Å²) in [6.45, 7) is 1.69. The quantitative estimate of drug-likeness (QED) is 0.778. The highest BCUT2D eigenvalue weighted by atomic mass is 19.4. The summed E-state index contributed by atoms with van der Waals surface area (Å²) in [7, 11) is 0. The molecule has 29 heavy (non-hydrogen) atoms. The maximum absolute atomic E-state index is 13.8. The van der Waals surface area contributed by atoms with Crippen molar-refractivity contribution in [3.63, 3.8) is 0 Å². The lowest BCUT2D eigenvalue weighted by Crippen LogP contribution is -2.52. The van der Waals surface area contributed by atoms with Crippen molar-refractivity contribution in [1.82, 2.24) is 0 Å². The molecule has 2 aromatic rings. The van der Waals surface area contributed by atoms with Crippen LogP contribution in [0.15, 0.2) is 48.5 Å². The van der Waals surface area contributed by atoms with Crippen molar-refractivity contribution in [2.45, 2.75) is 25.6 Å². The fraction of sp³-hybridized carbons (Fsp3) is 0.300. The molecular weight excluding hydrogens is 390 g/mol. The Morgan fingerprint density at radius 3 is 2.45 bits per heavy atom. The highest BCUT2D eigenvalue weighted by Gasteiger charge is 2.49. The van der Waals surface area contributed by atoms with Gasteiger partial charge in [0.15, 0.2) is 0 Å². The van der Waals surface area contributed by atoms with Crippen LogP contribution in [0.25, 0.3) is 0 Å². The zero-order valence-electron chi connectivity index (χ0n) is 15.5. The Hall–Kier alpha value is -3.10. The predicted octanol–water partition coefficient (Wildman–Crippen LogP) is 3.96. The number of hydrogen-bond donors (Lipinski definition) is 1. The predicted molar refractivity (Wildman–Crippen MR) is 101 cm³/mol. The molecule has 0 aromatic heterocycles. The molecule has 2 aromatic carbocycles. The van der Waals surface area contributed by atoms with Crippen LogP contribution in [0.1, 0.15) is 13.3 Å². The zero-order valence-corrected chi connectivity index (χ0v) is 15.5. The van der Waals surface area contributed by atoms with E-state index in [0.29, 0.717) is 17.1 Å². The van der Waals surface area contributed by atoms with E-state index in [1.807, 2.05) is 0 Å². The van der Waals surface area contributed by atoms with Crippen molar-refractivity contribution < 1.29 is 27.2 Å². The van der Waals surface area contributed by atoms with Crippen molar-refractivity contribution in [3.8, 4) is 0 Å². The molecule has 0 unspecified atom stereocenters. The van der Waals surface area contributed by atoms with E-state index >= 15 is 0 Å². The molecule has 3 rings (SSSR count). The molecule has 0 saturated heterocycles. The van der Waals surface area contributed by atoms with Gasteiger partial charge in [-0.2, -0.15) is 13.2 Å². The molecule has 0 radical (unpaired) electrons. The lowest BCUT2D eigenvalue weighted by Gasteiger charge is -2.34. The molecule has 2 amide bonds. The van der Waals surface area contributed by atoms with E-state index in [2.05, 4.69) is 5.32 Å². The summed E-state index contributed by atoms with van der Waals surface area (Å²) in [5, 5.41) is 2.43. The number of hydrogen-bond acceptors (Lipinski definition) is 3. The second-order valence-corrected chi connectivity index (χ2v) is 6.58. The lowest BCUT2D eigenvalue weighted by molar-refractivity contribution is -0.157. The van der Waals surface area contributed by atoms with E-state index in [0.717, 1.165) is 0 Å². The molecule has 1 aliphatic rings. The number of carbonyl (C=O) groups excluding carboxylic acids is 2. The van der Waals surface area contributed by atoms with Gasteiger partial charge in [-0.3, -0.25) is 14.5 Å². The number of anilines is 3. The monoisotopic (exact) mass is 409 g/mol. The van der Waals surface area contributed by atoms with Gasteiger partial charge >= 0.3 is 6.18 Å². The van der Waals surface area contributed by atoms with E-state index in [1.54, 1.807) is 13.0 Å². The Labute approximate surface area is 164 Å². The first-order chi connectivity index (χ1) is 13.7. The largest absolute Gasteiger partial charge is 0.409 e. The van der Waals surface area contributed by atoms with Gasteiger partial charge in [0.05, 0.1) is 24.3 Å². The number of halogens is 4. The summed E-state index contributed by atoms with van der Waals surface area (Å²) in [5.41, 5.74) is 0.631. The molecule has 0 spiro atoms. The number of amides is 2. The summed E-state index contributed by atoms with van der Waals surface area (Å²) >= 11 is 0. The molecule has 154 valence electrons. The van der Waals surface area contributed by atoms with Gasteiger partial charge in [0.25, 0.3) is 0 Å². The maximum atomic E-state index is 13.8. The number of likely N-dealkylation sites (N-methyl/N-ethyl adjacent to an activating group) is 1. The Morgan fingerprint density at radius 1 is 1.17 bits per heavy atom. The molecule has 0 aliphatic carbocycles. The highest BCUT2D eigenvalue weighted by Crippen LogP contribution is 2.37. The number of alkyl halides is 3. The second-order valence-electron chi connectivity index (χ2n) is 6.58. The van der Waals surface area contributed by atoms with Crippen molar-refractivity contribution in [3.05, 3.63) is 54.3 Å². The molecule has 9 heteroatoms. The van der Waals surface area contributed by atoms with Crippen LogP contribution in [0.4, 0.5) is 34.6 Å². The third kappa shape index (κ3) is 4.49. The molecule has 1 N–H and O–H groups in total. The molecule has 0 bridgehead atoms. The van der Waals surface area contributed by atoms with Gasteiger partial charge in [0.1, 0.15) is 11.9 Å². The number of benzene rings is 2. The Bertz CT molecular complexity index is 899. The van der Waals surface area contributed by atoms with Crippen LogP contribution < -0.4 is 15.1 Å². The van der Waals surface area contributed by atoms with E-state index in [9.17, 15) is 27.2 Å². The molecule has 1 atom stereocenters. The summed E-state index contributed by atoms with van der Waals surface area (Å²) in [6.07, 6.45) is -5.69. The first-order valence-electron chi connectivity index (χ1n) is 8.99. The number of rotatable bonds is 4. The van der Waals surface area contributed by atoms with Crippen LogP contribution in [0.5, 0.6) is 0 Å². The van der Waals surface area contributed by atoms with Gasteiger partial charge in [-0.15, -0.1) is 0 Å². The van der Waals surface area contributed by atoms with Crippen LogP contribution in [-0.2, 0) is 9.59 Å². The van der Waals surface area contributed by atoms with E-state index in [1.165, 1.54) is 47.4 Å². The molecular formula is C20H19F4N3O2. The SMILES string of the molecule is CCN(CC(=O)N1c2ccccc2NC(=O)C[C@H]1C(F)(F)F)c1ccc(F)cc1. The van der Waals surface area contributed by atoms with Gasteiger partial charge in [0, 0.05) is 12.2 Å². The third-order valence-electron chi connectivity index (χ3n) is 4.67. The van der Waals surface area contributed by atoms with Gasteiger partial charge in [-0.25, -0.2) is 4.39 Å². The van der Waals surface area contributed by atoms with E-state index < -0.39 is 36.3 Å². The minimum Gasteiger partial charge on any atom is -0.362 e. The summed E-state index contributed by atoms with van der Waals surface area (Å²) < 4.78 is 54.5. The normalized spacial score (nSPS) is 16.7. The molecule has 0 saturated carbocycles. The summed E-state index contributed by atoms with van der Waals surface area (Å²) in [4.78, 5) is 27.2. The van der Waals surface area contributed by atoms with Gasteiger partial charge < -0.3 is 10.2 Å². The van der Waals surface area contributed by atoms with Crippen molar-refractivity contribution >= 4 is 28.9 Å². The first-order valence-corrected chi connectivity index (χ1v) is 8.99. The van der Waals surface area contributed by atoms with Crippen LogP contribution >= 0.6 is 0 Å². The average molecular weight is 409 g/mol. The van der Waals surface area contributed by atoms with E-state index in [4.69, 9.17) is 0 Å². The van der Waals surface area contributed by atoms with Crippen molar-refractivity contribution in [2.75, 3.05) is 28.2 Å². The van der Waals surface area contributed by atoms with Crippen LogP contribution in [0, 0.1) is 5.82 Å².